The second-order valence-corrected chi connectivity index (χ2v) is 13.6. The van der Waals surface area contributed by atoms with Crippen LogP contribution in [0.4, 0.5) is 0 Å². The Bertz CT molecular complexity index is 1570. The van der Waals surface area contributed by atoms with Crippen molar-refractivity contribution in [3.8, 4) is 11.5 Å². The van der Waals surface area contributed by atoms with Gasteiger partial charge in [0.05, 0.1) is 0 Å². The highest BCUT2D eigenvalue weighted by Crippen LogP contribution is 2.32. The lowest BCUT2D eigenvalue weighted by molar-refractivity contribution is -0.139. The average Bonchev–Trinajstić information content (AvgIpc) is 3.68. The molecule has 4 aromatic rings. The fourth-order valence-corrected chi connectivity index (χ4v) is 6.87. The van der Waals surface area contributed by atoms with Gasteiger partial charge in [-0.1, -0.05) is 71.6 Å². The van der Waals surface area contributed by atoms with Crippen molar-refractivity contribution in [1.29, 1.82) is 0 Å². The molecule has 6 nitrogen and oxygen atoms in total. The normalized spacial score (nSPS) is 14.5. The molecule has 7 heteroatoms. The fourth-order valence-electron chi connectivity index (χ4n) is 5.81. The van der Waals surface area contributed by atoms with Gasteiger partial charge in [-0.05, 0) is 84.0 Å². The van der Waals surface area contributed by atoms with Crippen molar-refractivity contribution >= 4 is 34.0 Å². The Balaban J connectivity index is 1.40. The third-order valence-corrected chi connectivity index (χ3v) is 9.83. The van der Waals surface area contributed by atoms with Crippen LogP contribution in [0.5, 0.6) is 11.5 Å². The largest absolute Gasteiger partial charge is 0.480 e. The number of amides is 1. The minimum absolute atomic E-state index is 0.236. The van der Waals surface area contributed by atoms with Crippen LogP contribution in [0.25, 0.3) is 10.8 Å². The second kappa shape index (κ2) is 13.7. The number of thiophene rings is 1. The van der Waals surface area contributed by atoms with Gasteiger partial charge in [-0.3, -0.25) is 4.79 Å². The van der Waals surface area contributed by atoms with E-state index < -0.39 is 17.9 Å². The molecule has 0 bridgehead atoms. The van der Waals surface area contributed by atoms with Crippen LogP contribution in [-0.2, 0) is 17.6 Å². The van der Waals surface area contributed by atoms with Crippen molar-refractivity contribution in [3.05, 3.63) is 87.4 Å². The molecule has 43 heavy (non-hydrogen) atoms. The smallest absolute Gasteiger partial charge is 0.326 e. The Morgan fingerprint density at radius 1 is 0.953 bits per heavy atom. The molecule has 1 amide bonds. The zero-order valence-corrected chi connectivity index (χ0v) is 26.4. The van der Waals surface area contributed by atoms with Crippen LogP contribution in [0.15, 0.2) is 60.7 Å². The van der Waals surface area contributed by atoms with E-state index in [1.165, 1.54) is 36.1 Å². The molecule has 0 aliphatic heterocycles. The maximum Gasteiger partial charge on any atom is 0.326 e. The molecule has 2 aromatic carbocycles. The molecular weight excluding hydrogens is 556 g/mol. The Hall–Kier alpha value is -3.71. The van der Waals surface area contributed by atoms with Gasteiger partial charge >= 0.3 is 5.97 Å². The maximum absolute atomic E-state index is 13.4. The number of pyridine rings is 1. The van der Waals surface area contributed by atoms with Crippen molar-refractivity contribution < 1.29 is 19.4 Å². The Morgan fingerprint density at radius 2 is 1.67 bits per heavy atom. The molecule has 226 valence electrons. The van der Waals surface area contributed by atoms with Gasteiger partial charge in [0.25, 0.3) is 5.91 Å². The third kappa shape index (κ3) is 7.82. The first-order valence-corrected chi connectivity index (χ1v) is 16.3. The Labute approximate surface area is 258 Å². The van der Waals surface area contributed by atoms with Gasteiger partial charge in [-0.25, -0.2) is 9.78 Å². The summed E-state index contributed by atoms with van der Waals surface area (Å²) in [6, 6.07) is 18.7. The number of nitrogens with zero attached hydrogens (tertiary/aromatic N) is 1. The van der Waals surface area contributed by atoms with Gasteiger partial charge in [0, 0.05) is 27.3 Å². The highest BCUT2D eigenvalue weighted by Gasteiger charge is 2.24. The first-order chi connectivity index (χ1) is 20.7. The highest BCUT2D eigenvalue weighted by atomic mass is 32.1. The number of hydrogen-bond acceptors (Lipinski definition) is 5. The van der Waals surface area contributed by atoms with E-state index in [2.05, 4.69) is 45.1 Å². The molecule has 5 rings (SSSR count). The number of carbonyl (C=O) groups is 2. The summed E-state index contributed by atoms with van der Waals surface area (Å²) in [5, 5.41) is 14.5. The molecular formula is C36H42N2O4S. The summed E-state index contributed by atoms with van der Waals surface area (Å²) < 4.78 is 6.21. The van der Waals surface area contributed by atoms with E-state index in [4.69, 9.17) is 9.72 Å². The number of nitrogens with one attached hydrogen (secondary N) is 1. The van der Waals surface area contributed by atoms with Crippen LogP contribution in [0.2, 0.25) is 0 Å². The summed E-state index contributed by atoms with van der Waals surface area (Å²) in [4.78, 5) is 32.5. The number of carbonyl (C=O) groups excluding carboxylic acids is 1. The summed E-state index contributed by atoms with van der Waals surface area (Å²) in [5.74, 6) is 1.46. The van der Waals surface area contributed by atoms with Crippen LogP contribution < -0.4 is 10.1 Å². The van der Waals surface area contributed by atoms with E-state index in [0.717, 1.165) is 39.9 Å². The lowest BCUT2D eigenvalue weighted by Gasteiger charge is -2.16. The van der Waals surface area contributed by atoms with Crippen LogP contribution in [0.3, 0.4) is 0 Å². The van der Waals surface area contributed by atoms with Crippen molar-refractivity contribution in [1.82, 2.24) is 10.3 Å². The summed E-state index contributed by atoms with van der Waals surface area (Å²) in [6.45, 7) is 8.56. The number of hydrogen-bond donors (Lipinski definition) is 2. The topological polar surface area (TPSA) is 88.5 Å². The zero-order chi connectivity index (χ0) is 30.5. The van der Waals surface area contributed by atoms with Crippen molar-refractivity contribution in [2.24, 2.45) is 5.92 Å². The Kier molecular flexibility index (Phi) is 9.81. The van der Waals surface area contributed by atoms with Gasteiger partial charge in [0.15, 0.2) is 0 Å². The fraction of sp³-hybridized carbons (Fsp3) is 0.417. The Morgan fingerprint density at radius 3 is 2.33 bits per heavy atom. The predicted molar refractivity (Wildman–Crippen MR) is 174 cm³/mol. The standard InChI is InChI=1S/C36H42N2O4S/c1-22(2)25-10-13-27(14-11-25)42-28-15-12-26-19-32(37-31(30(26)20-28)17-9-24-7-5-6-8-24)35(39)38-33(36(40)41)21-29-16-18-34(43-29)23(3)4/h10-16,18-20,22-24,33H,5-9,17,21H2,1-4H3,(H,38,39)(H,40,41)/t33-/m0/s1. The van der Waals surface area contributed by atoms with Gasteiger partial charge in [0.2, 0.25) is 0 Å². The number of aliphatic carboxylic acids is 1. The van der Waals surface area contributed by atoms with Crippen molar-refractivity contribution in [2.75, 3.05) is 0 Å². The maximum atomic E-state index is 13.4. The molecule has 0 saturated heterocycles. The third-order valence-electron chi connectivity index (χ3n) is 8.42. The molecule has 1 atom stereocenters. The number of carboxylic acid groups (broad SMARTS) is 1. The van der Waals surface area contributed by atoms with E-state index >= 15 is 0 Å². The van der Waals surface area contributed by atoms with Crippen LogP contribution >= 0.6 is 11.3 Å². The number of ether oxygens (including phenoxy) is 1. The predicted octanol–water partition coefficient (Wildman–Crippen LogP) is 8.88. The molecule has 0 radical (unpaired) electrons. The summed E-state index contributed by atoms with van der Waals surface area (Å²) in [6.07, 6.45) is 7.02. The van der Waals surface area contributed by atoms with Crippen molar-refractivity contribution in [3.63, 3.8) is 0 Å². The van der Waals surface area contributed by atoms with Crippen LogP contribution in [0.1, 0.15) is 103 Å². The first-order valence-electron chi connectivity index (χ1n) is 15.5. The summed E-state index contributed by atoms with van der Waals surface area (Å²) in [7, 11) is 0. The summed E-state index contributed by atoms with van der Waals surface area (Å²) in [5.41, 5.74) is 2.35. The van der Waals surface area contributed by atoms with Gasteiger partial charge in [-0.2, -0.15) is 0 Å². The molecule has 2 aromatic heterocycles. The highest BCUT2D eigenvalue weighted by molar-refractivity contribution is 7.12. The molecule has 0 unspecified atom stereocenters. The lowest BCUT2D eigenvalue weighted by atomic mass is 9.97. The molecule has 2 heterocycles. The molecule has 1 fully saturated rings. The number of rotatable bonds is 12. The molecule has 1 aliphatic rings. The van der Waals surface area contributed by atoms with Gasteiger partial charge < -0.3 is 15.2 Å². The quantitative estimate of drug-likeness (QED) is 0.170. The first kappa shape index (κ1) is 30.7. The molecule has 0 spiro atoms. The van der Waals surface area contributed by atoms with E-state index in [-0.39, 0.29) is 12.1 Å². The average molecular weight is 599 g/mol. The van der Waals surface area contributed by atoms with Gasteiger partial charge in [0.1, 0.15) is 23.2 Å². The van der Waals surface area contributed by atoms with Crippen LogP contribution in [-0.4, -0.2) is 28.0 Å². The lowest BCUT2D eigenvalue weighted by Crippen LogP contribution is -2.42. The van der Waals surface area contributed by atoms with E-state index in [1.807, 2.05) is 42.5 Å². The van der Waals surface area contributed by atoms with E-state index in [1.54, 1.807) is 17.4 Å². The molecule has 1 saturated carbocycles. The SMILES string of the molecule is CC(C)c1ccc(Oc2ccc3cc(C(=O)N[C@@H](Cc4ccc(C(C)C)s4)C(=O)O)nc(CCC4CCCC4)c3c2)cc1. The number of aromatic nitrogens is 1. The second-order valence-electron chi connectivity index (χ2n) is 12.4. The van der Waals surface area contributed by atoms with Crippen molar-refractivity contribution in [2.45, 2.75) is 90.5 Å². The van der Waals surface area contributed by atoms with E-state index in [9.17, 15) is 14.7 Å². The van der Waals surface area contributed by atoms with Gasteiger partial charge in [-0.15, -0.1) is 11.3 Å². The van der Waals surface area contributed by atoms with Crippen LogP contribution in [0, 0.1) is 5.92 Å². The number of aryl methyl sites for hydroxylation is 1. The minimum atomic E-state index is -1.06. The number of fused-ring (bicyclic) bond motifs is 1. The molecule has 1 aliphatic carbocycles. The number of carboxylic acids is 1. The summed E-state index contributed by atoms with van der Waals surface area (Å²) >= 11 is 1.59. The monoisotopic (exact) mass is 598 g/mol. The zero-order valence-electron chi connectivity index (χ0n) is 25.6. The molecule has 2 N–H and O–H groups in total. The number of benzene rings is 2. The van der Waals surface area contributed by atoms with E-state index in [0.29, 0.717) is 23.5 Å². The minimum Gasteiger partial charge on any atom is -0.480 e.